The van der Waals surface area contributed by atoms with E-state index in [2.05, 4.69) is 19.2 Å². The van der Waals surface area contributed by atoms with Crippen molar-refractivity contribution in [3.63, 3.8) is 0 Å². The van der Waals surface area contributed by atoms with Gasteiger partial charge in [-0.3, -0.25) is 0 Å². The smallest absolute Gasteiger partial charge is 0.131 e. The normalized spacial score (nSPS) is 23.4. The molecular weight excluding hydrogens is 253 g/mol. The van der Waals surface area contributed by atoms with Crippen molar-refractivity contribution in [2.45, 2.75) is 58.5 Å². The first-order valence-corrected chi connectivity index (χ1v) is 7.51. The lowest BCUT2D eigenvalue weighted by atomic mass is 9.75. The van der Waals surface area contributed by atoms with Gasteiger partial charge >= 0.3 is 0 Å². The molecule has 2 atom stereocenters. The van der Waals surface area contributed by atoms with Gasteiger partial charge in [0.1, 0.15) is 11.6 Å². The van der Waals surface area contributed by atoms with Crippen molar-refractivity contribution in [1.29, 1.82) is 0 Å². The van der Waals surface area contributed by atoms with Crippen molar-refractivity contribution in [2.75, 3.05) is 7.11 Å². The van der Waals surface area contributed by atoms with Crippen LogP contribution in [0.4, 0.5) is 4.39 Å². The Kier molecular flexibility index (Phi) is 4.69. The summed E-state index contributed by atoms with van der Waals surface area (Å²) in [6.07, 6.45) is 4.84. The van der Waals surface area contributed by atoms with Gasteiger partial charge in [0.2, 0.25) is 0 Å². The molecule has 0 amide bonds. The van der Waals surface area contributed by atoms with Gasteiger partial charge in [-0.05, 0) is 43.7 Å². The predicted octanol–water partition coefficient (Wildman–Crippen LogP) is 4.45. The van der Waals surface area contributed by atoms with Crippen molar-refractivity contribution in [1.82, 2.24) is 5.32 Å². The molecule has 0 spiro atoms. The first-order chi connectivity index (χ1) is 9.43. The van der Waals surface area contributed by atoms with E-state index in [9.17, 15) is 4.39 Å². The molecule has 2 nitrogen and oxygen atoms in total. The standard InChI is InChI=1S/C17H26FNO/c1-12(16-14(18)8-5-9-15(16)20-4)19-13-7-6-10-17(2,3)11-13/h5,8-9,12-13,19H,6-7,10-11H2,1-4H3. The number of methoxy groups -OCH3 is 1. The molecule has 0 heterocycles. The molecule has 1 aliphatic rings. The Morgan fingerprint density at radius 2 is 2.15 bits per heavy atom. The third-order valence-electron chi connectivity index (χ3n) is 4.36. The maximum absolute atomic E-state index is 14.1. The van der Waals surface area contributed by atoms with Crippen molar-refractivity contribution < 1.29 is 9.13 Å². The van der Waals surface area contributed by atoms with Gasteiger partial charge in [0.05, 0.1) is 7.11 Å². The molecule has 0 radical (unpaired) electrons. The van der Waals surface area contributed by atoms with Gasteiger partial charge in [0.25, 0.3) is 0 Å². The fraction of sp³-hybridized carbons (Fsp3) is 0.647. The molecule has 1 aromatic carbocycles. The van der Waals surface area contributed by atoms with E-state index in [-0.39, 0.29) is 11.9 Å². The van der Waals surface area contributed by atoms with Crippen molar-refractivity contribution in [3.05, 3.63) is 29.6 Å². The number of hydrogen-bond acceptors (Lipinski definition) is 2. The van der Waals surface area contributed by atoms with E-state index in [0.29, 0.717) is 22.8 Å². The molecule has 1 aromatic rings. The molecule has 0 aromatic heterocycles. The highest BCUT2D eigenvalue weighted by molar-refractivity contribution is 5.37. The molecule has 1 aliphatic carbocycles. The zero-order valence-electron chi connectivity index (χ0n) is 13.0. The first kappa shape index (κ1) is 15.3. The maximum atomic E-state index is 14.1. The summed E-state index contributed by atoms with van der Waals surface area (Å²) >= 11 is 0. The Morgan fingerprint density at radius 3 is 2.80 bits per heavy atom. The average Bonchev–Trinajstić information content (AvgIpc) is 2.36. The fourth-order valence-electron chi connectivity index (χ4n) is 3.39. The van der Waals surface area contributed by atoms with Crippen LogP contribution in [-0.2, 0) is 0 Å². The predicted molar refractivity (Wildman–Crippen MR) is 80.5 cm³/mol. The molecule has 2 rings (SSSR count). The van der Waals surface area contributed by atoms with Crippen LogP contribution in [0.5, 0.6) is 5.75 Å². The van der Waals surface area contributed by atoms with Gasteiger partial charge in [-0.25, -0.2) is 4.39 Å². The van der Waals surface area contributed by atoms with E-state index in [1.807, 2.05) is 13.0 Å². The van der Waals surface area contributed by atoms with Gasteiger partial charge in [-0.1, -0.05) is 26.3 Å². The third kappa shape index (κ3) is 3.51. The van der Waals surface area contributed by atoms with E-state index in [0.717, 1.165) is 6.42 Å². The molecule has 1 saturated carbocycles. The number of ether oxygens (including phenoxy) is 1. The average molecular weight is 279 g/mol. The zero-order valence-corrected chi connectivity index (χ0v) is 13.0. The summed E-state index contributed by atoms with van der Waals surface area (Å²) in [5, 5.41) is 3.59. The number of nitrogens with one attached hydrogen (secondary N) is 1. The molecule has 20 heavy (non-hydrogen) atoms. The molecule has 112 valence electrons. The topological polar surface area (TPSA) is 21.3 Å². The number of hydrogen-bond donors (Lipinski definition) is 1. The van der Waals surface area contributed by atoms with Gasteiger partial charge in [-0.2, -0.15) is 0 Å². The van der Waals surface area contributed by atoms with Crippen LogP contribution in [0, 0.1) is 11.2 Å². The summed E-state index contributed by atoms with van der Waals surface area (Å²) in [6.45, 7) is 6.65. The van der Waals surface area contributed by atoms with E-state index < -0.39 is 0 Å². The molecule has 1 fully saturated rings. The summed E-state index contributed by atoms with van der Waals surface area (Å²) in [5.41, 5.74) is 1.02. The Bertz CT molecular complexity index is 458. The molecule has 0 aliphatic heterocycles. The molecule has 0 bridgehead atoms. The van der Waals surface area contributed by atoms with Crippen molar-refractivity contribution in [2.24, 2.45) is 5.41 Å². The molecule has 1 N–H and O–H groups in total. The zero-order chi connectivity index (χ0) is 14.8. The highest BCUT2D eigenvalue weighted by atomic mass is 19.1. The minimum Gasteiger partial charge on any atom is -0.496 e. The second-order valence-corrected chi connectivity index (χ2v) is 6.70. The highest BCUT2D eigenvalue weighted by Gasteiger charge is 2.29. The Morgan fingerprint density at radius 1 is 1.40 bits per heavy atom. The Balaban J connectivity index is 2.10. The maximum Gasteiger partial charge on any atom is 0.131 e. The number of rotatable bonds is 4. The summed E-state index contributed by atoms with van der Waals surface area (Å²) in [6, 6.07) is 5.43. The van der Waals surface area contributed by atoms with Crippen LogP contribution in [-0.4, -0.2) is 13.2 Å². The first-order valence-electron chi connectivity index (χ1n) is 7.51. The molecule has 3 heteroatoms. The van der Waals surface area contributed by atoms with Crippen LogP contribution in [0.1, 0.15) is 58.1 Å². The summed E-state index contributed by atoms with van der Waals surface area (Å²) in [7, 11) is 1.59. The molecular formula is C17H26FNO. The van der Waals surface area contributed by atoms with Crippen molar-refractivity contribution in [3.8, 4) is 5.75 Å². The van der Waals surface area contributed by atoms with E-state index in [4.69, 9.17) is 4.74 Å². The Hall–Kier alpha value is -1.09. The monoisotopic (exact) mass is 279 g/mol. The SMILES string of the molecule is COc1cccc(F)c1C(C)NC1CCCC(C)(C)C1. The lowest BCUT2D eigenvalue weighted by Crippen LogP contribution is -2.38. The van der Waals surface area contributed by atoms with Crippen molar-refractivity contribution >= 4 is 0 Å². The minimum atomic E-state index is -0.195. The van der Waals surface area contributed by atoms with Crippen LogP contribution >= 0.6 is 0 Å². The summed E-state index contributed by atoms with van der Waals surface area (Å²) in [4.78, 5) is 0. The second kappa shape index (κ2) is 6.13. The van der Waals surface area contributed by atoms with E-state index in [1.165, 1.54) is 25.3 Å². The van der Waals surface area contributed by atoms with Gasteiger partial charge in [0.15, 0.2) is 0 Å². The lowest BCUT2D eigenvalue weighted by molar-refractivity contribution is 0.190. The van der Waals surface area contributed by atoms with E-state index >= 15 is 0 Å². The van der Waals surface area contributed by atoms with Gasteiger partial charge < -0.3 is 10.1 Å². The van der Waals surface area contributed by atoms with Crippen LogP contribution < -0.4 is 10.1 Å². The Labute approximate surface area is 121 Å². The van der Waals surface area contributed by atoms with Crippen LogP contribution in [0.3, 0.4) is 0 Å². The summed E-state index contributed by atoms with van der Waals surface area (Å²) < 4.78 is 19.4. The number of benzene rings is 1. The minimum absolute atomic E-state index is 0.0370. The fourth-order valence-corrected chi connectivity index (χ4v) is 3.39. The van der Waals surface area contributed by atoms with E-state index in [1.54, 1.807) is 13.2 Å². The van der Waals surface area contributed by atoms with Crippen LogP contribution in [0.15, 0.2) is 18.2 Å². The second-order valence-electron chi connectivity index (χ2n) is 6.70. The van der Waals surface area contributed by atoms with Crippen LogP contribution in [0.2, 0.25) is 0 Å². The lowest BCUT2D eigenvalue weighted by Gasteiger charge is -2.37. The quantitative estimate of drug-likeness (QED) is 0.879. The van der Waals surface area contributed by atoms with Gasteiger partial charge in [-0.15, -0.1) is 0 Å². The third-order valence-corrected chi connectivity index (χ3v) is 4.36. The summed E-state index contributed by atoms with van der Waals surface area (Å²) in [5.74, 6) is 0.430. The van der Waals surface area contributed by atoms with Crippen LogP contribution in [0.25, 0.3) is 0 Å². The highest BCUT2D eigenvalue weighted by Crippen LogP contribution is 2.36. The van der Waals surface area contributed by atoms with Gasteiger partial charge in [0, 0.05) is 17.6 Å². The molecule has 0 saturated heterocycles. The largest absolute Gasteiger partial charge is 0.496 e. The molecule has 2 unspecified atom stereocenters. The number of halogens is 1.